The Balaban J connectivity index is 2.29. The van der Waals surface area contributed by atoms with E-state index in [0.717, 1.165) is 23.1 Å². The molecule has 1 amide bonds. The first-order valence-electron chi connectivity index (χ1n) is 6.62. The fraction of sp³-hybridized carbons (Fsp3) is 0.533. The molecule has 0 radical (unpaired) electrons. The third-order valence-corrected chi connectivity index (χ3v) is 3.43. The molecular formula is C15H22BrNO2. The van der Waals surface area contributed by atoms with Crippen molar-refractivity contribution in [2.24, 2.45) is 5.92 Å². The molecule has 4 heteroatoms. The van der Waals surface area contributed by atoms with Gasteiger partial charge in [0.1, 0.15) is 0 Å². The molecule has 1 rings (SSSR count). The highest BCUT2D eigenvalue weighted by Crippen LogP contribution is 2.17. The third-order valence-electron chi connectivity index (χ3n) is 2.74. The van der Waals surface area contributed by atoms with Gasteiger partial charge >= 0.3 is 0 Å². The summed E-state index contributed by atoms with van der Waals surface area (Å²) in [4.78, 5) is 12.0. The fourth-order valence-corrected chi connectivity index (χ4v) is 1.99. The summed E-state index contributed by atoms with van der Waals surface area (Å²) in [7, 11) is 0. The molecule has 0 aromatic heterocycles. The molecule has 0 heterocycles. The van der Waals surface area contributed by atoms with E-state index in [1.165, 1.54) is 0 Å². The normalized spacial score (nSPS) is 10.8. The van der Waals surface area contributed by atoms with Gasteiger partial charge in [-0.15, -0.1) is 0 Å². The molecule has 0 spiro atoms. The van der Waals surface area contributed by atoms with Crippen molar-refractivity contribution >= 4 is 21.8 Å². The summed E-state index contributed by atoms with van der Waals surface area (Å²) in [6.45, 7) is 8.15. The SMILES string of the molecule is Cc1ccc(Br)c(C(=O)NCCOCCC(C)C)c1. The van der Waals surface area contributed by atoms with Crippen LogP contribution in [0.2, 0.25) is 0 Å². The first-order valence-corrected chi connectivity index (χ1v) is 7.42. The van der Waals surface area contributed by atoms with Gasteiger partial charge < -0.3 is 10.1 Å². The summed E-state index contributed by atoms with van der Waals surface area (Å²) in [5.41, 5.74) is 1.74. The first-order chi connectivity index (χ1) is 9.00. The Morgan fingerprint density at radius 2 is 2.11 bits per heavy atom. The minimum atomic E-state index is -0.0666. The lowest BCUT2D eigenvalue weighted by Gasteiger charge is -2.09. The van der Waals surface area contributed by atoms with Crippen LogP contribution in [0.5, 0.6) is 0 Å². The van der Waals surface area contributed by atoms with Crippen molar-refractivity contribution < 1.29 is 9.53 Å². The average Bonchev–Trinajstić information content (AvgIpc) is 2.36. The summed E-state index contributed by atoms with van der Waals surface area (Å²) in [5, 5.41) is 2.86. The zero-order valence-electron chi connectivity index (χ0n) is 11.8. The minimum Gasteiger partial charge on any atom is -0.380 e. The van der Waals surface area contributed by atoms with Crippen LogP contribution in [0.4, 0.5) is 0 Å². The van der Waals surface area contributed by atoms with Gasteiger partial charge in [0.25, 0.3) is 5.91 Å². The Labute approximate surface area is 123 Å². The number of aryl methyl sites for hydroxylation is 1. The Kier molecular flexibility index (Phi) is 7.10. The van der Waals surface area contributed by atoms with Crippen LogP contribution in [-0.2, 0) is 4.74 Å². The Morgan fingerprint density at radius 1 is 1.37 bits per heavy atom. The zero-order valence-corrected chi connectivity index (χ0v) is 13.4. The number of halogens is 1. The maximum atomic E-state index is 12.0. The van der Waals surface area contributed by atoms with Gasteiger partial charge in [-0.25, -0.2) is 0 Å². The quantitative estimate of drug-likeness (QED) is 0.778. The predicted octanol–water partition coefficient (Wildman–Crippen LogP) is 3.55. The maximum absolute atomic E-state index is 12.0. The van der Waals surface area contributed by atoms with E-state index in [-0.39, 0.29) is 5.91 Å². The van der Waals surface area contributed by atoms with E-state index in [1.807, 2.05) is 25.1 Å². The summed E-state index contributed by atoms with van der Waals surface area (Å²) in [6, 6.07) is 5.73. The van der Waals surface area contributed by atoms with E-state index in [2.05, 4.69) is 35.1 Å². The standard InChI is InChI=1S/C15H22BrNO2/c1-11(2)6-8-19-9-7-17-15(18)13-10-12(3)4-5-14(13)16/h4-5,10-11H,6-9H2,1-3H3,(H,17,18). The monoisotopic (exact) mass is 327 g/mol. The Morgan fingerprint density at radius 3 is 2.79 bits per heavy atom. The highest BCUT2D eigenvalue weighted by atomic mass is 79.9. The Hall–Kier alpha value is -0.870. The topological polar surface area (TPSA) is 38.3 Å². The Bertz CT molecular complexity index is 419. The number of amides is 1. The first kappa shape index (κ1) is 16.2. The number of benzene rings is 1. The van der Waals surface area contributed by atoms with Crippen LogP contribution < -0.4 is 5.32 Å². The molecule has 1 aromatic rings. The van der Waals surface area contributed by atoms with Crippen LogP contribution in [0.3, 0.4) is 0 Å². The van der Waals surface area contributed by atoms with E-state index in [1.54, 1.807) is 0 Å². The second-order valence-corrected chi connectivity index (χ2v) is 5.89. The molecule has 0 aliphatic carbocycles. The molecular weight excluding hydrogens is 306 g/mol. The predicted molar refractivity (Wildman–Crippen MR) is 81.5 cm³/mol. The van der Waals surface area contributed by atoms with E-state index in [9.17, 15) is 4.79 Å². The number of carbonyl (C=O) groups is 1. The second kappa shape index (κ2) is 8.33. The maximum Gasteiger partial charge on any atom is 0.252 e. The van der Waals surface area contributed by atoms with Crippen LogP contribution in [0.15, 0.2) is 22.7 Å². The molecule has 0 fully saturated rings. The van der Waals surface area contributed by atoms with Gasteiger partial charge in [-0.05, 0) is 47.3 Å². The van der Waals surface area contributed by atoms with Crippen molar-refractivity contribution in [1.82, 2.24) is 5.32 Å². The molecule has 0 unspecified atom stereocenters. The van der Waals surface area contributed by atoms with Gasteiger partial charge in [0.2, 0.25) is 0 Å². The molecule has 0 aliphatic heterocycles. The van der Waals surface area contributed by atoms with Crippen LogP contribution in [0.25, 0.3) is 0 Å². The average molecular weight is 328 g/mol. The van der Waals surface area contributed by atoms with E-state index in [0.29, 0.717) is 24.6 Å². The molecule has 0 aliphatic rings. The van der Waals surface area contributed by atoms with Gasteiger partial charge in [0.05, 0.1) is 12.2 Å². The van der Waals surface area contributed by atoms with Crippen LogP contribution in [-0.4, -0.2) is 25.7 Å². The number of hydrogen-bond donors (Lipinski definition) is 1. The van der Waals surface area contributed by atoms with Gasteiger partial charge in [-0.1, -0.05) is 25.5 Å². The van der Waals surface area contributed by atoms with E-state index in [4.69, 9.17) is 4.74 Å². The van der Waals surface area contributed by atoms with Crippen molar-refractivity contribution in [3.05, 3.63) is 33.8 Å². The lowest BCUT2D eigenvalue weighted by atomic mass is 10.1. The highest BCUT2D eigenvalue weighted by molar-refractivity contribution is 9.10. The lowest BCUT2D eigenvalue weighted by Crippen LogP contribution is -2.27. The molecule has 0 saturated carbocycles. The van der Waals surface area contributed by atoms with Crippen LogP contribution >= 0.6 is 15.9 Å². The minimum absolute atomic E-state index is 0.0666. The summed E-state index contributed by atoms with van der Waals surface area (Å²) >= 11 is 3.39. The molecule has 1 N–H and O–H groups in total. The third kappa shape index (κ3) is 6.21. The van der Waals surface area contributed by atoms with Crippen LogP contribution in [0.1, 0.15) is 36.2 Å². The molecule has 3 nitrogen and oxygen atoms in total. The number of rotatable bonds is 7. The lowest BCUT2D eigenvalue weighted by molar-refractivity contribution is 0.0905. The van der Waals surface area contributed by atoms with Crippen molar-refractivity contribution in [3.63, 3.8) is 0 Å². The number of hydrogen-bond acceptors (Lipinski definition) is 2. The molecule has 0 saturated heterocycles. The summed E-state index contributed by atoms with van der Waals surface area (Å²) < 4.78 is 6.27. The van der Waals surface area contributed by atoms with E-state index >= 15 is 0 Å². The number of ether oxygens (including phenoxy) is 1. The van der Waals surface area contributed by atoms with Gasteiger partial charge in [0.15, 0.2) is 0 Å². The number of carbonyl (C=O) groups excluding carboxylic acids is 1. The van der Waals surface area contributed by atoms with Gasteiger partial charge in [-0.3, -0.25) is 4.79 Å². The molecule has 0 atom stereocenters. The van der Waals surface area contributed by atoms with Crippen molar-refractivity contribution in [2.75, 3.05) is 19.8 Å². The smallest absolute Gasteiger partial charge is 0.252 e. The molecule has 106 valence electrons. The second-order valence-electron chi connectivity index (χ2n) is 5.03. The summed E-state index contributed by atoms with van der Waals surface area (Å²) in [6.07, 6.45) is 1.05. The zero-order chi connectivity index (χ0) is 14.3. The highest BCUT2D eigenvalue weighted by Gasteiger charge is 2.09. The van der Waals surface area contributed by atoms with Gasteiger partial charge in [0, 0.05) is 17.6 Å². The van der Waals surface area contributed by atoms with Crippen molar-refractivity contribution in [2.45, 2.75) is 27.2 Å². The van der Waals surface area contributed by atoms with Crippen molar-refractivity contribution in [3.8, 4) is 0 Å². The fourth-order valence-electron chi connectivity index (χ4n) is 1.57. The molecule has 19 heavy (non-hydrogen) atoms. The number of nitrogens with one attached hydrogen (secondary N) is 1. The summed E-state index contributed by atoms with van der Waals surface area (Å²) in [5.74, 6) is 0.584. The molecule has 1 aromatic carbocycles. The van der Waals surface area contributed by atoms with Crippen molar-refractivity contribution in [1.29, 1.82) is 0 Å². The van der Waals surface area contributed by atoms with E-state index < -0.39 is 0 Å². The van der Waals surface area contributed by atoms with Crippen LogP contribution in [0, 0.1) is 12.8 Å². The van der Waals surface area contributed by atoms with Gasteiger partial charge in [-0.2, -0.15) is 0 Å². The largest absolute Gasteiger partial charge is 0.380 e. The molecule has 0 bridgehead atoms.